The molecule has 3 heteroatoms. The largest absolute Gasteiger partial charge is 0.373 e. The summed E-state index contributed by atoms with van der Waals surface area (Å²) in [6.07, 6.45) is 0. The highest BCUT2D eigenvalue weighted by molar-refractivity contribution is 6.30. The fourth-order valence-electron chi connectivity index (χ4n) is 2.16. The predicted octanol–water partition coefficient (Wildman–Crippen LogP) is 3.21. The van der Waals surface area contributed by atoms with E-state index in [0.29, 0.717) is 0 Å². The van der Waals surface area contributed by atoms with Crippen molar-refractivity contribution in [2.45, 2.75) is 19.3 Å². The zero-order valence-corrected chi connectivity index (χ0v) is 9.32. The molecule has 0 N–H and O–H groups in total. The second-order valence-corrected chi connectivity index (χ2v) is 4.93. The molecule has 0 radical (unpaired) electrons. The minimum Gasteiger partial charge on any atom is -0.373 e. The number of anilines is 1. The second-order valence-electron chi connectivity index (χ2n) is 4.52. The van der Waals surface area contributed by atoms with E-state index in [9.17, 15) is 4.39 Å². The lowest BCUT2D eigenvalue weighted by atomic mass is 9.87. The molecule has 1 aromatic rings. The molecule has 0 fully saturated rings. The second kappa shape index (κ2) is 2.86. The molecule has 0 spiro atoms. The number of halogens is 2. The summed E-state index contributed by atoms with van der Waals surface area (Å²) < 4.78 is 13.2. The SMILES string of the molecule is CN1CC(C)(C)c2cc(Cl)c(F)cc21. The van der Waals surface area contributed by atoms with Gasteiger partial charge in [0.25, 0.3) is 0 Å². The van der Waals surface area contributed by atoms with Gasteiger partial charge in [0.1, 0.15) is 5.82 Å². The van der Waals surface area contributed by atoms with Gasteiger partial charge in [-0.05, 0) is 17.7 Å². The average molecular weight is 214 g/mol. The first-order valence-corrected chi connectivity index (χ1v) is 5.00. The van der Waals surface area contributed by atoms with Crippen LogP contribution in [0.1, 0.15) is 19.4 Å². The van der Waals surface area contributed by atoms with Crippen LogP contribution in [-0.2, 0) is 5.41 Å². The van der Waals surface area contributed by atoms with Gasteiger partial charge < -0.3 is 4.90 Å². The molecule has 0 aliphatic carbocycles. The Labute approximate surface area is 88.5 Å². The van der Waals surface area contributed by atoms with Gasteiger partial charge in [0, 0.05) is 24.7 Å². The molecule has 0 unspecified atom stereocenters. The average Bonchev–Trinajstić information content (AvgIpc) is 2.26. The maximum absolute atomic E-state index is 13.2. The predicted molar refractivity (Wildman–Crippen MR) is 57.7 cm³/mol. The third-order valence-electron chi connectivity index (χ3n) is 2.81. The van der Waals surface area contributed by atoms with Crippen LogP contribution in [0.2, 0.25) is 5.02 Å². The summed E-state index contributed by atoms with van der Waals surface area (Å²) in [4.78, 5) is 2.06. The molecule has 14 heavy (non-hydrogen) atoms. The lowest BCUT2D eigenvalue weighted by Crippen LogP contribution is -2.24. The Balaban J connectivity index is 2.64. The summed E-state index contributed by atoms with van der Waals surface area (Å²) in [6, 6.07) is 3.27. The standard InChI is InChI=1S/C11H13ClFN/c1-11(2)6-14(3)10-5-9(13)8(12)4-7(10)11/h4-5H,6H2,1-3H3. The van der Waals surface area contributed by atoms with E-state index in [-0.39, 0.29) is 16.3 Å². The Morgan fingerprint density at radius 3 is 2.71 bits per heavy atom. The van der Waals surface area contributed by atoms with Crippen molar-refractivity contribution in [2.75, 3.05) is 18.5 Å². The first kappa shape index (κ1) is 9.78. The molecule has 1 aliphatic heterocycles. The highest BCUT2D eigenvalue weighted by Crippen LogP contribution is 2.41. The quantitative estimate of drug-likeness (QED) is 0.640. The van der Waals surface area contributed by atoms with Crippen LogP contribution in [0.25, 0.3) is 0 Å². The van der Waals surface area contributed by atoms with Crippen molar-refractivity contribution in [3.05, 3.63) is 28.5 Å². The molecular weight excluding hydrogens is 201 g/mol. The fourth-order valence-corrected chi connectivity index (χ4v) is 2.32. The molecule has 0 amide bonds. The number of likely N-dealkylation sites (N-methyl/N-ethyl adjacent to an activating group) is 1. The summed E-state index contributed by atoms with van der Waals surface area (Å²) in [6.45, 7) is 5.19. The van der Waals surface area contributed by atoms with Gasteiger partial charge in [0.15, 0.2) is 0 Å². The Hall–Kier alpha value is -0.760. The fraction of sp³-hybridized carbons (Fsp3) is 0.455. The van der Waals surface area contributed by atoms with Gasteiger partial charge in [-0.3, -0.25) is 0 Å². The normalized spacial score (nSPS) is 18.5. The monoisotopic (exact) mass is 213 g/mol. The van der Waals surface area contributed by atoms with E-state index in [4.69, 9.17) is 11.6 Å². The van der Waals surface area contributed by atoms with Gasteiger partial charge in [0.05, 0.1) is 5.02 Å². The highest BCUT2D eigenvalue weighted by Gasteiger charge is 2.34. The minimum atomic E-state index is -0.338. The Morgan fingerprint density at radius 1 is 1.43 bits per heavy atom. The van der Waals surface area contributed by atoms with E-state index < -0.39 is 0 Å². The molecule has 1 heterocycles. The molecule has 1 aliphatic rings. The molecule has 76 valence electrons. The van der Waals surface area contributed by atoms with Crippen LogP contribution >= 0.6 is 11.6 Å². The number of hydrogen-bond donors (Lipinski definition) is 0. The van der Waals surface area contributed by atoms with Crippen molar-refractivity contribution in [1.82, 2.24) is 0 Å². The van der Waals surface area contributed by atoms with Crippen molar-refractivity contribution >= 4 is 17.3 Å². The summed E-state index contributed by atoms with van der Waals surface area (Å²) >= 11 is 5.77. The summed E-state index contributed by atoms with van der Waals surface area (Å²) in [5, 5.41) is 0.215. The molecule has 1 aromatic carbocycles. The van der Waals surface area contributed by atoms with Crippen LogP contribution in [0.15, 0.2) is 12.1 Å². The Bertz CT molecular complexity index is 387. The number of hydrogen-bond acceptors (Lipinski definition) is 1. The van der Waals surface area contributed by atoms with Crippen LogP contribution < -0.4 is 4.90 Å². The number of benzene rings is 1. The van der Waals surface area contributed by atoms with Crippen molar-refractivity contribution < 1.29 is 4.39 Å². The summed E-state index contributed by atoms with van der Waals surface area (Å²) in [7, 11) is 1.97. The first-order chi connectivity index (χ1) is 6.42. The maximum atomic E-state index is 13.2. The van der Waals surface area contributed by atoms with Gasteiger partial charge in [-0.25, -0.2) is 4.39 Å². The molecule has 1 nitrogen and oxygen atoms in total. The molecule has 0 saturated carbocycles. The first-order valence-electron chi connectivity index (χ1n) is 4.62. The van der Waals surface area contributed by atoms with Crippen molar-refractivity contribution in [2.24, 2.45) is 0 Å². The van der Waals surface area contributed by atoms with E-state index in [2.05, 4.69) is 18.7 Å². The third kappa shape index (κ3) is 1.29. The van der Waals surface area contributed by atoms with Gasteiger partial charge in [-0.15, -0.1) is 0 Å². The third-order valence-corrected chi connectivity index (χ3v) is 3.10. The van der Waals surface area contributed by atoms with E-state index in [0.717, 1.165) is 17.8 Å². The maximum Gasteiger partial charge on any atom is 0.143 e. The van der Waals surface area contributed by atoms with E-state index in [1.807, 2.05) is 7.05 Å². The molecular formula is C11H13ClFN. The lowest BCUT2D eigenvalue weighted by Gasteiger charge is -2.18. The molecule has 0 aromatic heterocycles. The number of nitrogens with zero attached hydrogens (tertiary/aromatic N) is 1. The van der Waals surface area contributed by atoms with Crippen LogP contribution in [0.4, 0.5) is 10.1 Å². The van der Waals surface area contributed by atoms with Crippen molar-refractivity contribution in [1.29, 1.82) is 0 Å². The van der Waals surface area contributed by atoms with Crippen LogP contribution in [0, 0.1) is 5.82 Å². The van der Waals surface area contributed by atoms with Crippen LogP contribution in [-0.4, -0.2) is 13.6 Å². The van der Waals surface area contributed by atoms with Crippen molar-refractivity contribution in [3.63, 3.8) is 0 Å². The Kier molecular flexibility index (Phi) is 2.00. The summed E-state index contributed by atoms with van der Waals surface area (Å²) in [5.74, 6) is -0.338. The molecule has 2 rings (SSSR count). The van der Waals surface area contributed by atoms with E-state index >= 15 is 0 Å². The van der Waals surface area contributed by atoms with Crippen LogP contribution in [0.3, 0.4) is 0 Å². The van der Waals surface area contributed by atoms with Gasteiger partial charge in [-0.1, -0.05) is 25.4 Å². The molecule has 0 saturated heterocycles. The van der Waals surface area contributed by atoms with E-state index in [1.165, 1.54) is 6.07 Å². The summed E-state index contributed by atoms with van der Waals surface area (Å²) in [5.41, 5.74) is 2.14. The number of fused-ring (bicyclic) bond motifs is 1. The minimum absolute atomic E-state index is 0.0570. The van der Waals surface area contributed by atoms with Gasteiger partial charge >= 0.3 is 0 Å². The topological polar surface area (TPSA) is 3.24 Å². The Morgan fingerprint density at radius 2 is 2.07 bits per heavy atom. The van der Waals surface area contributed by atoms with Crippen molar-refractivity contribution in [3.8, 4) is 0 Å². The molecule has 0 atom stereocenters. The number of rotatable bonds is 0. The smallest absolute Gasteiger partial charge is 0.143 e. The van der Waals surface area contributed by atoms with Crippen LogP contribution in [0.5, 0.6) is 0 Å². The zero-order chi connectivity index (χ0) is 10.5. The molecule has 0 bridgehead atoms. The zero-order valence-electron chi connectivity index (χ0n) is 8.56. The van der Waals surface area contributed by atoms with Gasteiger partial charge in [-0.2, -0.15) is 0 Å². The van der Waals surface area contributed by atoms with E-state index in [1.54, 1.807) is 6.07 Å². The highest BCUT2D eigenvalue weighted by atomic mass is 35.5. The van der Waals surface area contributed by atoms with Gasteiger partial charge in [0.2, 0.25) is 0 Å². The lowest BCUT2D eigenvalue weighted by molar-refractivity contribution is 0.562.